The molecular formula is C31H36N2O3. The van der Waals surface area contributed by atoms with Crippen LogP contribution in [0.5, 0.6) is 5.75 Å². The molecule has 3 aromatic carbocycles. The minimum atomic E-state index is -0.0817. The van der Waals surface area contributed by atoms with Gasteiger partial charge in [0.25, 0.3) is 5.91 Å². The number of methoxy groups -OCH3 is 1. The van der Waals surface area contributed by atoms with Gasteiger partial charge in [0, 0.05) is 29.9 Å². The first kappa shape index (κ1) is 25.5. The maximum absolute atomic E-state index is 13.6. The van der Waals surface area contributed by atoms with Gasteiger partial charge in [0.05, 0.1) is 20.1 Å². The van der Waals surface area contributed by atoms with Crippen LogP contribution in [0.2, 0.25) is 0 Å². The topological polar surface area (TPSA) is 49.9 Å². The van der Waals surface area contributed by atoms with Crippen molar-refractivity contribution >= 4 is 17.5 Å². The molecule has 0 bridgehead atoms. The monoisotopic (exact) mass is 484 g/mol. The van der Waals surface area contributed by atoms with E-state index in [0.29, 0.717) is 24.6 Å². The number of para-hydroxylation sites is 1. The van der Waals surface area contributed by atoms with E-state index in [1.807, 2.05) is 91.7 Å². The summed E-state index contributed by atoms with van der Waals surface area (Å²) < 4.78 is 5.54. The number of likely N-dealkylation sites (N-methyl/N-ethyl adjacent to an activating group) is 1. The Balaban J connectivity index is 1.55. The number of hydrogen-bond donors (Lipinski definition) is 0. The van der Waals surface area contributed by atoms with Crippen molar-refractivity contribution in [1.29, 1.82) is 0 Å². The molecule has 0 unspecified atom stereocenters. The highest BCUT2D eigenvalue weighted by Crippen LogP contribution is 2.26. The molecule has 5 heteroatoms. The van der Waals surface area contributed by atoms with E-state index in [2.05, 4.69) is 0 Å². The summed E-state index contributed by atoms with van der Waals surface area (Å²) in [5, 5.41) is 0. The van der Waals surface area contributed by atoms with Crippen molar-refractivity contribution in [2.45, 2.75) is 58.0 Å². The minimum absolute atomic E-state index is 0.0817. The van der Waals surface area contributed by atoms with E-state index < -0.39 is 0 Å². The van der Waals surface area contributed by atoms with Gasteiger partial charge in [-0.15, -0.1) is 0 Å². The van der Waals surface area contributed by atoms with Crippen molar-refractivity contribution in [2.24, 2.45) is 0 Å². The maximum Gasteiger partial charge on any atom is 0.258 e. The fourth-order valence-corrected chi connectivity index (χ4v) is 4.90. The molecule has 0 atom stereocenters. The Kier molecular flexibility index (Phi) is 8.42. The van der Waals surface area contributed by atoms with Crippen LogP contribution < -0.4 is 9.64 Å². The van der Waals surface area contributed by atoms with Crippen molar-refractivity contribution in [3.63, 3.8) is 0 Å². The number of anilines is 1. The quantitative estimate of drug-likeness (QED) is 0.383. The van der Waals surface area contributed by atoms with Gasteiger partial charge in [0.1, 0.15) is 5.75 Å². The number of amides is 2. The minimum Gasteiger partial charge on any atom is -0.496 e. The first-order valence-electron chi connectivity index (χ1n) is 12.8. The van der Waals surface area contributed by atoms with Gasteiger partial charge >= 0.3 is 0 Å². The van der Waals surface area contributed by atoms with Gasteiger partial charge in [-0.25, -0.2) is 0 Å². The van der Waals surface area contributed by atoms with Crippen LogP contribution in [-0.2, 0) is 17.8 Å². The van der Waals surface area contributed by atoms with E-state index in [1.165, 1.54) is 19.3 Å². The van der Waals surface area contributed by atoms with Gasteiger partial charge in [0.15, 0.2) is 0 Å². The lowest BCUT2D eigenvalue weighted by Crippen LogP contribution is -2.39. The van der Waals surface area contributed by atoms with Crippen molar-refractivity contribution in [1.82, 2.24) is 4.90 Å². The molecule has 0 spiro atoms. The SMILES string of the molecule is COc1ccccc1CN(C(=O)c1ccc(C)cc1)c1ccc(CC(=O)N(C)C2CCCCC2)cc1. The Morgan fingerprint density at radius 3 is 2.22 bits per heavy atom. The smallest absolute Gasteiger partial charge is 0.258 e. The lowest BCUT2D eigenvalue weighted by molar-refractivity contribution is -0.131. The van der Waals surface area contributed by atoms with Crippen LogP contribution >= 0.6 is 0 Å². The summed E-state index contributed by atoms with van der Waals surface area (Å²) in [4.78, 5) is 30.2. The van der Waals surface area contributed by atoms with Crippen LogP contribution in [0.15, 0.2) is 72.8 Å². The molecule has 0 aliphatic heterocycles. The third-order valence-corrected chi connectivity index (χ3v) is 7.18. The Morgan fingerprint density at radius 2 is 1.56 bits per heavy atom. The predicted octanol–water partition coefficient (Wildman–Crippen LogP) is 6.18. The lowest BCUT2D eigenvalue weighted by Gasteiger charge is -2.31. The molecule has 36 heavy (non-hydrogen) atoms. The number of benzene rings is 3. The number of carbonyl (C=O) groups excluding carboxylic acids is 2. The average molecular weight is 485 g/mol. The molecule has 0 saturated heterocycles. The van der Waals surface area contributed by atoms with Crippen LogP contribution in [0.1, 0.15) is 59.2 Å². The molecule has 2 amide bonds. The summed E-state index contributed by atoms with van der Waals surface area (Å²) in [6.45, 7) is 2.38. The molecule has 5 nitrogen and oxygen atoms in total. The number of nitrogens with zero attached hydrogens (tertiary/aromatic N) is 2. The van der Waals surface area contributed by atoms with Gasteiger partial charge in [-0.1, -0.05) is 67.3 Å². The van der Waals surface area contributed by atoms with Crippen molar-refractivity contribution in [3.05, 3.63) is 95.1 Å². The normalized spacial score (nSPS) is 13.8. The third-order valence-electron chi connectivity index (χ3n) is 7.18. The Labute approximate surface area is 214 Å². The molecule has 0 radical (unpaired) electrons. The molecule has 188 valence electrons. The second-order valence-electron chi connectivity index (χ2n) is 9.71. The second-order valence-corrected chi connectivity index (χ2v) is 9.71. The molecule has 0 heterocycles. The number of rotatable bonds is 8. The van der Waals surface area contributed by atoms with Gasteiger partial charge in [-0.3, -0.25) is 9.59 Å². The van der Waals surface area contributed by atoms with Crippen LogP contribution in [0.25, 0.3) is 0 Å². The molecule has 1 saturated carbocycles. The van der Waals surface area contributed by atoms with E-state index in [9.17, 15) is 9.59 Å². The Bertz CT molecular complexity index is 1170. The van der Waals surface area contributed by atoms with Gasteiger partial charge < -0.3 is 14.5 Å². The van der Waals surface area contributed by atoms with E-state index in [-0.39, 0.29) is 11.8 Å². The highest BCUT2D eigenvalue weighted by Gasteiger charge is 2.23. The van der Waals surface area contributed by atoms with Crippen molar-refractivity contribution in [2.75, 3.05) is 19.1 Å². The maximum atomic E-state index is 13.6. The molecule has 3 aromatic rings. The van der Waals surface area contributed by atoms with Gasteiger partial charge in [-0.05, 0) is 55.7 Å². The van der Waals surface area contributed by atoms with Crippen LogP contribution in [0, 0.1) is 6.92 Å². The van der Waals surface area contributed by atoms with Gasteiger partial charge in [0.2, 0.25) is 5.91 Å². The number of hydrogen-bond acceptors (Lipinski definition) is 3. The number of carbonyl (C=O) groups is 2. The summed E-state index contributed by atoms with van der Waals surface area (Å²) >= 11 is 0. The van der Waals surface area contributed by atoms with Crippen LogP contribution in [0.3, 0.4) is 0 Å². The van der Waals surface area contributed by atoms with E-state index in [4.69, 9.17) is 4.74 Å². The molecule has 0 N–H and O–H groups in total. The Hall–Kier alpha value is -3.60. The van der Waals surface area contributed by atoms with Crippen LogP contribution in [-0.4, -0.2) is 36.9 Å². The van der Waals surface area contributed by atoms with E-state index in [1.54, 1.807) is 12.0 Å². The van der Waals surface area contributed by atoms with E-state index >= 15 is 0 Å². The first-order chi connectivity index (χ1) is 17.5. The zero-order valence-corrected chi connectivity index (χ0v) is 21.6. The Morgan fingerprint density at radius 1 is 0.889 bits per heavy atom. The number of aryl methyl sites for hydroxylation is 1. The third kappa shape index (κ3) is 6.14. The summed E-state index contributed by atoms with van der Waals surface area (Å²) in [6.07, 6.45) is 6.24. The van der Waals surface area contributed by atoms with E-state index in [0.717, 1.165) is 41.0 Å². The molecule has 1 aliphatic carbocycles. The van der Waals surface area contributed by atoms with Crippen LogP contribution in [0.4, 0.5) is 5.69 Å². The van der Waals surface area contributed by atoms with Crippen molar-refractivity contribution in [3.8, 4) is 5.75 Å². The predicted molar refractivity (Wildman–Crippen MR) is 144 cm³/mol. The highest BCUT2D eigenvalue weighted by molar-refractivity contribution is 6.06. The average Bonchev–Trinajstić information content (AvgIpc) is 2.92. The standard InChI is InChI=1S/C31H36N2O3/c1-23-13-17-25(18-14-23)31(35)33(22-26-9-7-8-12-29(26)36-3)28-19-15-24(16-20-28)21-30(34)32(2)27-10-5-4-6-11-27/h7-9,12-20,27H,4-6,10-11,21-22H2,1-3H3. The second kappa shape index (κ2) is 11.9. The molecule has 1 fully saturated rings. The summed E-state index contributed by atoms with van der Waals surface area (Å²) in [5.41, 5.74) is 4.39. The summed E-state index contributed by atoms with van der Waals surface area (Å²) in [5.74, 6) is 0.810. The molecular weight excluding hydrogens is 448 g/mol. The zero-order valence-electron chi connectivity index (χ0n) is 21.6. The molecule has 4 rings (SSSR count). The number of ether oxygens (including phenoxy) is 1. The fraction of sp³-hybridized carbons (Fsp3) is 0.355. The van der Waals surface area contributed by atoms with Gasteiger partial charge in [-0.2, -0.15) is 0 Å². The highest BCUT2D eigenvalue weighted by atomic mass is 16.5. The molecule has 0 aromatic heterocycles. The lowest BCUT2D eigenvalue weighted by atomic mass is 9.94. The zero-order chi connectivity index (χ0) is 25.5. The largest absolute Gasteiger partial charge is 0.496 e. The molecule has 1 aliphatic rings. The first-order valence-corrected chi connectivity index (χ1v) is 12.8. The summed E-state index contributed by atoms with van der Waals surface area (Å²) in [6, 6.07) is 23.5. The fourth-order valence-electron chi connectivity index (χ4n) is 4.90. The summed E-state index contributed by atoms with van der Waals surface area (Å²) in [7, 11) is 3.57. The van der Waals surface area contributed by atoms with Crippen molar-refractivity contribution < 1.29 is 14.3 Å².